The van der Waals surface area contributed by atoms with Crippen LogP contribution in [0.4, 0.5) is 5.13 Å². The van der Waals surface area contributed by atoms with E-state index in [9.17, 15) is 14.4 Å². The van der Waals surface area contributed by atoms with E-state index in [2.05, 4.69) is 31.6 Å². The molecule has 1 aliphatic heterocycles. The van der Waals surface area contributed by atoms with Gasteiger partial charge < -0.3 is 15.5 Å². The molecule has 2 aliphatic rings. The molecule has 1 aromatic carbocycles. The molecule has 1 aliphatic carbocycles. The van der Waals surface area contributed by atoms with Crippen LogP contribution in [0.15, 0.2) is 35.4 Å². The molecule has 0 radical (unpaired) electrons. The first kappa shape index (κ1) is 22.5. The number of thiazole rings is 1. The smallest absolute Gasteiger partial charge is 0.273 e. The number of piperidine rings is 1. The third-order valence-corrected chi connectivity index (χ3v) is 7.66. The van der Waals surface area contributed by atoms with Crippen LogP contribution < -0.4 is 21.1 Å². The molecule has 0 unspecified atom stereocenters. The summed E-state index contributed by atoms with van der Waals surface area (Å²) in [4.78, 5) is 49.0. The van der Waals surface area contributed by atoms with Gasteiger partial charge in [-0.2, -0.15) is 4.98 Å². The largest absolute Gasteiger partial charge is 0.356 e. The molecule has 3 aromatic rings. The van der Waals surface area contributed by atoms with Crippen LogP contribution in [-0.4, -0.2) is 46.0 Å². The number of carbonyl (C=O) groups excluding carboxylic acids is 2. The molecule has 2 amide bonds. The molecular formula is C24H28N6O3S. The van der Waals surface area contributed by atoms with E-state index in [0.717, 1.165) is 37.8 Å². The third-order valence-electron chi connectivity index (χ3n) is 6.57. The molecule has 9 nitrogen and oxygen atoms in total. The van der Waals surface area contributed by atoms with E-state index in [1.54, 1.807) is 0 Å². The number of aryl methyl sites for hydroxylation is 1. The average Bonchev–Trinajstić information content (AvgIpc) is 3.46. The average molecular weight is 481 g/mol. The fraction of sp³-hybridized carbons (Fsp3) is 0.458. The normalized spacial score (nSPS) is 19.7. The summed E-state index contributed by atoms with van der Waals surface area (Å²) >= 11 is 1.28. The highest BCUT2D eigenvalue weighted by Gasteiger charge is 2.28. The summed E-state index contributed by atoms with van der Waals surface area (Å²) in [6.07, 6.45) is 4.93. The summed E-state index contributed by atoms with van der Waals surface area (Å²) in [5, 5.41) is 6.64. The number of fused-ring (bicyclic) bond motifs is 2. The lowest BCUT2D eigenvalue weighted by atomic mass is 9.97. The lowest BCUT2D eigenvalue weighted by Gasteiger charge is -2.31. The van der Waals surface area contributed by atoms with Gasteiger partial charge in [0, 0.05) is 19.6 Å². The summed E-state index contributed by atoms with van der Waals surface area (Å²) in [5.41, 5.74) is 2.52. The van der Waals surface area contributed by atoms with Crippen molar-refractivity contribution in [3.8, 4) is 0 Å². The zero-order valence-corrected chi connectivity index (χ0v) is 19.9. The van der Waals surface area contributed by atoms with Gasteiger partial charge in [0.15, 0.2) is 10.8 Å². The zero-order valence-electron chi connectivity index (χ0n) is 19.1. The first-order chi connectivity index (χ1) is 16.5. The predicted molar refractivity (Wildman–Crippen MR) is 131 cm³/mol. The van der Waals surface area contributed by atoms with E-state index in [1.807, 2.05) is 25.1 Å². The minimum Gasteiger partial charge on any atom is -0.356 e. The zero-order chi connectivity index (χ0) is 23.7. The van der Waals surface area contributed by atoms with Gasteiger partial charge in [0.25, 0.3) is 5.56 Å². The minimum atomic E-state index is -0.270. The highest BCUT2D eigenvalue weighted by Crippen LogP contribution is 2.31. The number of carbonyl (C=O) groups is 2. The quantitative estimate of drug-likeness (QED) is 0.559. The van der Waals surface area contributed by atoms with Crippen LogP contribution in [0.3, 0.4) is 0 Å². The van der Waals surface area contributed by atoms with Crippen LogP contribution in [0.5, 0.6) is 0 Å². The molecule has 10 heteroatoms. The van der Waals surface area contributed by atoms with Crippen LogP contribution in [-0.2, 0) is 22.6 Å². The molecule has 2 aromatic heterocycles. The molecular weight excluding hydrogens is 452 g/mol. The Hall–Kier alpha value is -3.27. The van der Waals surface area contributed by atoms with Crippen molar-refractivity contribution in [2.75, 3.05) is 24.5 Å². The van der Waals surface area contributed by atoms with Gasteiger partial charge in [-0.3, -0.25) is 19.0 Å². The van der Waals surface area contributed by atoms with Crippen LogP contribution in [0, 0.1) is 5.92 Å². The summed E-state index contributed by atoms with van der Waals surface area (Å²) in [5.74, 6) is -0.241. The van der Waals surface area contributed by atoms with Crippen molar-refractivity contribution in [1.82, 2.24) is 25.2 Å². The molecule has 1 saturated heterocycles. The van der Waals surface area contributed by atoms with Gasteiger partial charge in [-0.25, -0.2) is 4.98 Å². The monoisotopic (exact) mass is 480 g/mol. The molecule has 178 valence electrons. The highest BCUT2D eigenvalue weighted by molar-refractivity contribution is 7.22. The van der Waals surface area contributed by atoms with Gasteiger partial charge in [0.2, 0.25) is 11.8 Å². The van der Waals surface area contributed by atoms with Gasteiger partial charge in [-0.15, -0.1) is 0 Å². The Labute approximate surface area is 201 Å². The van der Waals surface area contributed by atoms with E-state index in [4.69, 9.17) is 0 Å². The first-order valence-corrected chi connectivity index (χ1v) is 12.6. The Balaban J connectivity index is 1.30. The minimum absolute atomic E-state index is 0.0249. The number of nitrogens with zero attached hydrogens (tertiary/aromatic N) is 4. The fourth-order valence-corrected chi connectivity index (χ4v) is 5.87. The van der Waals surface area contributed by atoms with Gasteiger partial charge >= 0.3 is 0 Å². The summed E-state index contributed by atoms with van der Waals surface area (Å²) in [7, 11) is 0. The van der Waals surface area contributed by atoms with Crippen LogP contribution in [0.2, 0.25) is 0 Å². The fourth-order valence-electron chi connectivity index (χ4n) is 4.87. The number of aromatic nitrogens is 3. The predicted octanol–water partition coefficient (Wildman–Crippen LogP) is 2.01. The van der Waals surface area contributed by atoms with Crippen molar-refractivity contribution in [3.63, 3.8) is 0 Å². The Kier molecular flexibility index (Phi) is 6.32. The number of amides is 2. The number of nitrogens with one attached hydrogen (secondary N) is 2. The second-order valence-corrected chi connectivity index (χ2v) is 9.84. The summed E-state index contributed by atoms with van der Waals surface area (Å²) in [6.45, 7) is 3.80. The van der Waals surface area contributed by atoms with Crippen LogP contribution in [0.1, 0.15) is 43.4 Å². The lowest BCUT2D eigenvalue weighted by molar-refractivity contribution is -0.125. The molecule has 1 fully saturated rings. The molecule has 34 heavy (non-hydrogen) atoms. The number of benzene rings is 1. The summed E-state index contributed by atoms with van der Waals surface area (Å²) in [6, 6.07) is 8.10. The number of anilines is 1. The van der Waals surface area contributed by atoms with E-state index in [-0.39, 0.29) is 35.9 Å². The molecule has 0 spiro atoms. The SMILES string of the molecule is CCNC(=O)[C@@H]1CCCN(c2nc3ncn(CC(=O)N[C@@H]4CCc5ccccc54)c(=O)c3s2)C1. The lowest BCUT2D eigenvalue weighted by Crippen LogP contribution is -2.43. The molecule has 3 heterocycles. The van der Waals surface area contributed by atoms with Gasteiger partial charge in [0.05, 0.1) is 12.0 Å². The standard InChI is InChI=1S/C24H28N6O3S/c1-2-25-22(32)16-7-5-11-29(12-16)24-28-21-20(34-24)23(33)30(14-26-21)13-19(31)27-18-10-9-15-6-3-4-8-17(15)18/h3-4,6,8,14,16,18H,2,5,7,9-13H2,1H3,(H,25,32)(H,27,31)/t16-,18-/m1/s1. The second kappa shape index (κ2) is 9.54. The molecule has 0 bridgehead atoms. The van der Waals surface area contributed by atoms with E-state index < -0.39 is 0 Å². The van der Waals surface area contributed by atoms with Gasteiger partial charge in [0.1, 0.15) is 17.6 Å². The first-order valence-electron chi connectivity index (χ1n) is 11.8. The van der Waals surface area contributed by atoms with Crippen molar-refractivity contribution in [2.24, 2.45) is 5.92 Å². The van der Waals surface area contributed by atoms with Crippen molar-refractivity contribution in [2.45, 2.75) is 45.2 Å². The molecule has 2 N–H and O–H groups in total. The second-order valence-electron chi connectivity index (χ2n) is 8.86. The van der Waals surface area contributed by atoms with Crippen molar-refractivity contribution >= 4 is 38.6 Å². The van der Waals surface area contributed by atoms with E-state index >= 15 is 0 Å². The van der Waals surface area contributed by atoms with Crippen molar-refractivity contribution < 1.29 is 9.59 Å². The Morgan fingerprint density at radius 3 is 2.94 bits per heavy atom. The topological polar surface area (TPSA) is 109 Å². The number of rotatable bonds is 6. The molecule has 5 rings (SSSR count). The number of hydrogen-bond donors (Lipinski definition) is 2. The van der Waals surface area contributed by atoms with Crippen molar-refractivity contribution in [1.29, 1.82) is 0 Å². The Bertz CT molecular complexity index is 1290. The van der Waals surface area contributed by atoms with Crippen molar-refractivity contribution in [3.05, 3.63) is 52.1 Å². The van der Waals surface area contributed by atoms with E-state index in [1.165, 1.54) is 27.8 Å². The van der Waals surface area contributed by atoms with E-state index in [0.29, 0.717) is 28.6 Å². The molecule has 2 atom stereocenters. The summed E-state index contributed by atoms with van der Waals surface area (Å²) < 4.78 is 1.77. The van der Waals surface area contributed by atoms with Gasteiger partial charge in [-0.1, -0.05) is 35.6 Å². The maximum atomic E-state index is 13.1. The number of hydrogen-bond acceptors (Lipinski definition) is 7. The van der Waals surface area contributed by atoms with Crippen LogP contribution >= 0.6 is 11.3 Å². The Morgan fingerprint density at radius 1 is 1.24 bits per heavy atom. The highest BCUT2D eigenvalue weighted by atomic mass is 32.1. The van der Waals surface area contributed by atoms with Gasteiger partial charge in [-0.05, 0) is 43.7 Å². The Morgan fingerprint density at radius 2 is 2.09 bits per heavy atom. The van der Waals surface area contributed by atoms with Crippen LogP contribution in [0.25, 0.3) is 10.3 Å². The maximum absolute atomic E-state index is 13.1. The maximum Gasteiger partial charge on any atom is 0.273 e. The third kappa shape index (κ3) is 4.42. The molecule has 0 saturated carbocycles.